The van der Waals surface area contributed by atoms with Crippen LogP contribution >= 0.6 is 11.6 Å². The van der Waals surface area contributed by atoms with Gasteiger partial charge in [0.15, 0.2) is 0 Å². The molecule has 180 valence electrons. The molecule has 0 spiro atoms. The molecule has 0 fully saturated rings. The van der Waals surface area contributed by atoms with Crippen LogP contribution in [0.3, 0.4) is 0 Å². The van der Waals surface area contributed by atoms with Gasteiger partial charge in [0.1, 0.15) is 0 Å². The fourth-order valence-corrected chi connectivity index (χ4v) is 5.27. The van der Waals surface area contributed by atoms with E-state index in [1.807, 2.05) is 6.07 Å². The average molecular weight is 509 g/mol. The van der Waals surface area contributed by atoms with E-state index in [4.69, 9.17) is 24.9 Å². The minimum Gasteiger partial charge on any atom is -0.598 e. The van der Waals surface area contributed by atoms with Crippen molar-refractivity contribution in [2.24, 2.45) is 0 Å². The molecule has 0 unspecified atom stereocenters. The molecule has 0 bridgehead atoms. The molecule has 0 saturated carbocycles. The van der Waals surface area contributed by atoms with Crippen LogP contribution in [0.5, 0.6) is 17.2 Å². The standard InChI is InChI=1S/C24H46ClO3Si3.Li/c1-22(2,3)29(10,11)26-18-16-19(25)21(28-31(14,15)24(7,8)9)20(17-18)27-30(12,13)23(4,5)6;/h17H,1-15H3;/q-1;+1. The Kier molecular flexibility index (Phi) is 10.1. The van der Waals surface area contributed by atoms with E-state index in [2.05, 4.69) is 108 Å². The minimum atomic E-state index is -2.13. The van der Waals surface area contributed by atoms with Crippen molar-refractivity contribution < 1.29 is 32.1 Å². The maximum Gasteiger partial charge on any atom is 1.00 e. The van der Waals surface area contributed by atoms with Crippen LogP contribution < -0.4 is 32.1 Å². The summed E-state index contributed by atoms with van der Waals surface area (Å²) >= 11 is 6.79. The third-order valence-corrected chi connectivity index (χ3v) is 20.7. The second kappa shape index (κ2) is 10.0. The van der Waals surface area contributed by atoms with Gasteiger partial charge in [-0.05, 0) is 65.2 Å². The average Bonchev–Trinajstić information content (AvgIpc) is 2.46. The molecule has 0 atom stereocenters. The van der Waals surface area contributed by atoms with Crippen molar-refractivity contribution >= 4 is 36.6 Å². The fourth-order valence-electron chi connectivity index (χ4n) is 1.98. The Morgan fingerprint density at radius 1 is 0.656 bits per heavy atom. The summed E-state index contributed by atoms with van der Waals surface area (Å²) in [5, 5.41) is 0.605. The van der Waals surface area contributed by atoms with Gasteiger partial charge in [0.05, 0.1) is 0 Å². The molecule has 0 amide bonds. The van der Waals surface area contributed by atoms with Gasteiger partial charge < -0.3 is 13.3 Å². The van der Waals surface area contributed by atoms with Crippen LogP contribution in [-0.2, 0) is 0 Å². The molecule has 32 heavy (non-hydrogen) atoms. The predicted octanol–water partition coefficient (Wildman–Crippen LogP) is 6.30. The van der Waals surface area contributed by atoms with Crippen molar-refractivity contribution in [2.45, 2.75) is 117 Å². The monoisotopic (exact) mass is 508 g/mol. The van der Waals surface area contributed by atoms with Gasteiger partial charge in [0.2, 0.25) is 25.0 Å². The molecule has 0 saturated heterocycles. The summed E-state index contributed by atoms with van der Waals surface area (Å²) in [7, 11) is -6.29. The van der Waals surface area contributed by atoms with E-state index in [1.54, 1.807) is 0 Å². The number of hydrogen-bond donors (Lipinski definition) is 0. The normalized spacial score (nSPS) is 14.0. The number of halogens is 1. The molecule has 0 heterocycles. The number of rotatable bonds is 6. The summed E-state index contributed by atoms with van der Waals surface area (Å²) in [6, 6.07) is 5.21. The summed E-state index contributed by atoms with van der Waals surface area (Å²) in [6.45, 7) is 33.4. The van der Waals surface area contributed by atoms with E-state index < -0.39 is 25.0 Å². The zero-order valence-electron chi connectivity index (χ0n) is 23.7. The molecule has 0 aliphatic rings. The Hall–Kier alpha value is 0.158. The summed E-state index contributed by atoms with van der Waals surface area (Å²) in [4.78, 5) is 0. The van der Waals surface area contributed by atoms with E-state index >= 15 is 0 Å². The van der Waals surface area contributed by atoms with Crippen LogP contribution in [0.15, 0.2) is 6.07 Å². The van der Waals surface area contributed by atoms with E-state index in [1.165, 1.54) is 0 Å². The summed E-state index contributed by atoms with van der Waals surface area (Å²) in [5.41, 5.74) is 0. The van der Waals surface area contributed by atoms with Crippen LogP contribution in [0.1, 0.15) is 62.3 Å². The number of benzene rings is 1. The van der Waals surface area contributed by atoms with E-state index in [9.17, 15) is 0 Å². The maximum atomic E-state index is 6.79. The van der Waals surface area contributed by atoms with Gasteiger partial charge >= 0.3 is 18.9 Å². The van der Waals surface area contributed by atoms with Crippen molar-refractivity contribution in [3.05, 3.63) is 17.2 Å². The quantitative estimate of drug-likeness (QED) is 0.333. The van der Waals surface area contributed by atoms with Crippen molar-refractivity contribution in [2.75, 3.05) is 0 Å². The Labute approximate surface area is 218 Å². The van der Waals surface area contributed by atoms with Crippen molar-refractivity contribution in [3.8, 4) is 17.2 Å². The Morgan fingerprint density at radius 3 is 1.38 bits per heavy atom. The Bertz CT molecular complexity index is 789. The van der Waals surface area contributed by atoms with Gasteiger partial charge in [-0.2, -0.15) is 0 Å². The molecule has 0 radical (unpaired) electrons. The third-order valence-electron chi connectivity index (χ3n) is 7.42. The van der Waals surface area contributed by atoms with E-state index in [0.717, 1.165) is 0 Å². The second-order valence-corrected chi connectivity index (χ2v) is 27.8. The first-order valence-electron chi connectivity index (χ1n) is 11.2. The van der Waals surface area contributed by atoms with Gasteiger partial charge in [-0.1, -0.05) is 68.4 Å². The number of hydrogen-bond acceptors (Lipinski definition) is 3. The minimum absolute atomic E-state index is 0. The van der Waals surface area contributed by atoms with Crippen LogP contribution in [0.25, 0.3) is 0 Å². The molecular weight excluding hydrogens is 463 g/mol. The summed E-state index contributed by atoms with van der Waals surface area (Å²) in [5.74, 6) is 1.95. The van der Waals surface area contributed by atoms with E-state index in [-0.39, 0.29) is 34.0 Å². The largest absolute Gasteiger partial charge is 1.00 e. The molecular formula is C24H46ClLiO3Si3. The topological polar surface area (TPSA) is 27.7 Å². The third kappa shape index (κ3) is 7.58. The van der Waals surface area contributed by atoms with Gasteiger partial charge in [-0.25, -0.2) is 0 Å². The van der Waals surface area contributed by atoms with Gasteiger partial charge in [-0.3, -0.25) is 0 Å². The first-order valence-corrected chi connectivity index (χ1v) is 20.3. The Balaban J connectivity index is 0.00000961. The first kappa shape index (κ1) is 32.2. The van der Waals surface area contributed by atoms with Crippen LogP contribution in [-0.4, -0.2) is 25.0 Å². The smallest absolute Gasteiger partial charge is 0.598 e. The molecule has 3 nitrogen and oxygen atoms in total. The summed E-state index contributed by atoms with van der Waals surface area (Å²) < 4.78 is 19.9. The zero-order chi connectivity index (χ0) is 24.8. The molecule has 1 aromatic carbocycles. The second-order valence-electron chi connectivity index (χ2n) is 13.2. The van der Waals surface area contributed by atoms with Gasteiger partial charge in [0.25, 0.3) is 0 Å². The van der Waals surface area contributed by atoms with Crippen molar-refractivity contribution in [3.63, 3.8) is 0 Å². The molecule has 0 N–H and O–H groups in total. The zero-order valence-corrected chi connectivity index (χ0v) is 27.4. The Morgan fingerprint density at radius 2 is 1.00 bits per heavy atom. The SMILES string of the molecule is CC(C)(C)[Si](C)(C)Oc1[c-]c(Cl)c(O[Si](C)(C)C(C)(C)C)c(O[Si](C)(C)C(C)(C)C)c1.[Li+]. The van der Waals surface area contributed by atoms with Crippen LogP contribution in [0, 0.1) is 6.07 Å². The summed E-state index contributed by atoms with van der Waals surface area (Å²) in [6.07, 6.45) is 0. The van der Waals surface area contributed by atoms with Gasteiger partial charge in [0, 0.05) is 11.5 Å². The van der Waals surface area contributed by atoms with Crippen molar-refractivity contribution in [1.29, 1.82) is 0 Å². The van der Waals surface area contributed by atoms with Crippen molar-refractivity contribution in [1.82, 2.24) is 0 Å². The molecule has 1 aromatic rings. The molecule has 0 aliphatic carbocycles. The predicted molar refractivity (Wildman–Crippen MR) is 144 cm³/mol. The maximum absolute atomic E-state index is 6.79. The fraction of sp³-hybridized carbons (Fsp3) is 0.750. The molecule has 0 aliphatic heterocycles. The van der Waals surface area contributed by atoms with Crippen LogP contribution in [0.4, 0.5) is 0 Å². The van der Waals surface area contributed by atoms with Crippen LogP contribution in [0.2, 0.25) is 59.4 Å². The molecule has 1 rings (SSSR count). The van der Waals surface area contributed by atoms with E-state index in [0.29, 0.717) is 22.3 Å². The molecule has 8 heteroatoms. The first-order chi connectivity index (χ1) is 13.4. The van der Waals surface area contributed by atoms with Gasteiger partial charge in [-0.15, -0.1) is 17.7 Å². The molecule has 0 aromatic heterocycles.